The molecule has 0 aliphatic rings. The Bertz CT molecular complexity index is 1080. The van der Waals surface area contributed by atoms with Crippen molar-refractivity contribution >= 4 is 26.7 Å². The van der Waals surface area contributed by atoms with E-state index >= 15 is 0 Å². The average molecular weight is 342 g/mol. The van der Waals surface area contributed by atoms with Gasteiger partial charge in [-0.25, -0.2) is 16.8 Å². The lowest BCUT2D eigenvalue weighted by Crippen LogP contribution is -2.18. The molecule has 0 atom stereocenters. The van der Waals surface area contributed by atoms with Gasteiger partial charge < -0.3 is 0 Å². The standard InChI is InChI=1S/C17H11FN2O3S/c18-14-7-4-8-15-13(14)11-16(17(21)9-10-19)20(15)24(22,23)12-5-2-1-3-6-12/h1-8,11H,9H2. The summed E-state index contributed by atoms with van der Waals surface area (Å²) in [7, 11) is -4.11. The number of nitriles is 1. The molecule has 0 spiro atoms. The first kappa shape index (κ1) is 15.9. The van der Waals surface area contributed by atoms with Crippen molar-refractivity contribution in [1.29, 1.82) is 5.26 Å². The molecule has 0 aliphatic carbocycles. The van der Waals surface area contributed by atoms with Crippen molar-refractivity contribution < 1.29 is 17.6 Å². The Hall–Kier alpha value is -2.98. The van der Waals surface area contributed by atoms with Crippen LogP contribution < -0.4 is 0 Å². The first-order valence-electron chi connectivity index (χ1n) is 6.97. The van der Waals surface area contributed by atoms with E-state index in [2.05, 4.69) is 0 Å². The van der Waals surface area contributed by atoms with E-state index in [0.717, 1.165) is 3.97 Å². The molecule has 0 unspecified atom stereocenters. The minimum Gasteiger partial charge on any atom is -0.291 e. The SMILES string of the molecule is N#CCC(=O)c1cc2c(F)cccc2n1S(=O)(=O)c1ccccc1. The average Bonchev–Trinajstić information content (AvgIpc) is 2.98. The lowest BCUT2D eigenvalue weighted by atomic mass is 10.2. The van der Waals surface area contributed by atoms with E-state index in [1.165, 1.54) is 36.4 Å². The summed E-state index contributed by atoms with van der Waals surface area (Å²) < 4.78 is 40.8. The number of Topliss-reactive ketones (excluding diaryl/α,β-unsaturated/α-hetero) is 1. The molecule has 5 nitrogen and oxygen atoms in total. The minimum absolute atomic E-state index is 0.0123. The number of fused-ring (bicyclic) bond motifs is 1. The monoisotopic (exact) mass is 342 g/mol. The second kappa shape index (κ2) is 5.91. The lowest BCUT2D eigenvalue weighted by Gasteiger charge is -2.10. The molecule has 0 saturated carbocycles. The molecule has 7 heteroatoms. The van der Waals surface area contributed by atoms with Crippen LogP contribution in [0.2, 0.25) is 0 Å². The molecular weight excluding hydrogens is 331 g/mol. The van der Waals surface area contributed by atoms with Gasteiger partial charge in [-0.3, -0.25) is 4.79 Å². The summed E-state index contributed by atoms with van der Waals surface area (Å²) in [6.45, 7) is 0. The normalized spacial score (nSPS) is 11.3. The van der Waals surface area contributed by atoms with E-state index in [0.29, 0.717) is 0 Å². The van der Waals surface area contributed by atoms with Gasteiger partial charge in [0, 0.05) is 5.39 Å². The molecule has 120 valence electrons. The third-order valence-corrected chi connectivity index (χ3v) is 5.30. The number of halogens is 1. The third kappa shape index (κ3) is 2.47. The maximum atomic E-state index is 14.0. The fourth-order valence-corrected chi connectivity index (χ4v) is 4.03. The number of hydrogen-bond acceptors (Lipinski definition) is 4. The van der Waals surface area contributed by atoms with E-state index in [1.54, 1.807) is 24.3 Å². The number of carbonyl (C=O) groups excluding carboxylic acids is 1. The summed E-state index contributed by atoms with van der Waals surface area (Å²) in [4.78, 5) is 12.2. The molecule has 0 amide bonds. The number of rotatable bonds is 4. The zero-order valence-corrected chi connectivity index (χ0v) is 13.1. The first-order chi connectivity index (χ1) is 11.5. The Balaban J connectivity index is 2.38. The molecular formula is C17H11FN2O3S. The molecule has 3 rings (SSSR count). The molecule has 0 fully saturated rings. The van der Waals surface area contributed by atoms with Gasteiger partial charge >= 0.3 is 0 Å². The molecule has 24 heavy (non-hydrogen) atoms. The Kier molecular flexibility index (Phi) is 3.91. The first-order valence-corrected chi connectivity index (χ1v) is 8.41. The van der Waals surface area contributed by atoms with Gasteiger partial charge in [-0.15, -0.1) is 0 Å². The fourth-order valence-electron chi connectivity index (χ4n) is 2.48. The second-order valence-electron chi connectivity index (χ2n) is 5.04. The number of aromatic nitrogens is 1. The van der Waals surface area contributed by atoms with Crippen molar-refractivity contribution in [3.05, 3.63) is 66.1 Å². The van der Waals surface area contributed by atoms with Crippen LogP contribution in [-0.2, 0) is 10.0 Å². The highest BCUT2D eigenvalue weighted by molar-refractivity contribution is 7.90. The largest absolute Gasteiger partial charge is 0.291 e. The van der Waals surface area contributed by atoms with Gasteiger partial charge in [-0.2, -0.15) is 5.26 Å². The maximum Gasteiger partial charge on any atom is 0.268 e. The second-order valence-corrected chi connectivity index (χ2v) is 6.83. The van der Waals surface area contributed by atoms with Crippen molar-refractivity contribution in [2.75, 3.05) is 0 Å². The quantitative estimate of drug-likeness (QED) is 0.682. The van der Waals surface area contributed by atoms with Crippen LogP contribution in [0.4, 0.5) is 4.39 Å². The smallest absolute Gasteiger partial charge is 0.268 e. The lowest BCUT2D eigenvalue weighted by molar-refractivity contribution is 0.0992. The van der Waals surface area contributed by atoms with Crippen LogP contribution in [0.5, 0.6) is 0 Å². The highest BCUT2D eigenvalue weighted by Crippen LogP contribution is 2.28. The molecule has 0 saturated heterocycles. The summed E-state index contributed by atoms with van der Waals surface area (Å²) >= 11 is 0. The molecule has 1 heterocycles. The summed E-state index contributed by atoms with van der Waals surface area (Å²) in [5.74, 6) is -1.33. The van der Waals surface area contributed by atoms with E-state index in [4.69, 9.17) is 5.26 Å². The van der Waals surface area contributed by atoms with Gasteiger partial charge in [0.2, 0.25) is 0 Å². The zero-order chi connectivity index (χ0) is 17.3. The summed E-state index contributed by atoms with van der Waals surface area (Å²) in [6, 6.07) is 14.4. The van der Waals surface area contributed by atoms with E-state index < -0.39 is 28.0 Å². The fraction of sp³-hybridized carbons (Fsp3) is 0.0588. The highest BCUT2D eigenvalue weighted by Gasteiger charge is 2.26. The van der Waals surface area contributed by atoms with Crippen molar-refractivity contribution in [3.8, 4) is 6.07 Å². The third-order valence-electron chi connectivity index (χ3n) is 3.56. The topological polar surface area (TPSA) is 79.9 Å². The number of nitrogens with zero attached hydrogens (tertiary/aromatic N) is 2. The Morgan fingerprint density at radius 2 is 1.83 bits per heavy atom. The molecule has 0 radical (unpaired) electrons. The Labute approximate surface area is 137 Å². The number of carbonyl (C=O) groups is 1. The molecule has 0 aliphatic heterocycles. The van der Waals surface area contributed by atoms with Gasteiger partial charge in [0.1, 0.15) is 17.9 Å². The minimum atomic E-state index is -4.11. The van der Waals surface area contributed by atoms with Crippen LogP contribution in [0, 0.1) is 17.1 Å². The van der Waals surface area contributed by atoms with Gasteiger partial charge in [-0.05, 0) is 30.3 Å². The zero-order valence-electron chi connectivity index (χ0n) is 12.3. The van der Waals surface area contributed by atoms with Crippen molar-refractivity contribution in [2.24, 2.45) is 0 Å². The van der Waals surface area contributed by atoms with E-state index in [-0.39, 0.29) is 21.5 Å². The predicted molar refractivity (Wildman–Crippen MR) is 85.5 cm³/mol. The summed E-state index contributed by atoms with van der Waals surface area (Å²) in [5.41, 5.74) is -0.180. The Morgan fingerprint density at radius 1 is 1.12 bits per heavy atom. The van der Waals surface area contributed by atoms with Crippen LogP contribution in [0.25, 0.3) is 10.9 Å². The van der Waals surface area contributed by atoms with Crippen molar-refractivity contribution in [2.45, 2.75) is 11.3 Å². The summed E-state index contributed by atoms with van der Waals surface area (Å²) in [6.07, 6.45) is -0.498. The van der Waals surface area contributed by atoms with Crippen LogP contribution in [0.3, 0.4) is 0 Å². The highest BCUT2D eigenvalue weighted by atomic mass is 32.2. The van der Waals surface area contributed by atoms with Crippen LogP contribution in [0.15, 0.2) is 59.5 Å². The van der Waals surface area contributed by atoms with Crippen molar-refractivity contribution in [1.82, 2.24) is 3.97 Å². The maximum absolute atomic E-state index is 14.0. The summed E-state index contributed by atoms with van der Waals surface area (Å²) in [5, 5.41) is 8.75. The van der Waals surface area contributed by atoms with Gasteiger partial charge in [0.15, 0.2) is 5.78 Å². The van der Waals surface area contributed by atoms with Crippen LogP contribution >= 0.6 is 0 Å². The number of hydrogen-bond donors (Lipinski definition) is 0. The van der Waals surface area contributed by atoms with E-state index in [1.807, 2.05) is 0 Å². The van der Waals surface area contributed by atoms with E-state index in [9.17, 15) is 17.6 Å². The number of ketones is 1. The molecule has 3 aromatic rings. The van der Waals surface area contributed by atoms with Gasteiger partial charge in [-0.1, -0.05) is 24.3 Å². The van der Waals surface area contributed by atoms with Gasteiger partial charge in [0.05, 0.1) is 16.5 Å². The molecule has 0 N–H and O–H groups in total. The molecule has 0 bridgehead atoms. The predicted octanol–water partition coefficient (Wildman–Crippen LogP) is 3.11. The molecule has 2 aromatic carbocycles. The van der Waals surface area contributed by atoms with Crippen molar-refractivity contribution in [3.63, 3.8) is 0 Å². The van der Waals surface area contributed by atoms with Crippen LogP contribution in [0.1, 0.15) is 16.9 Å². The van der Waals surface area contributed by atoms with Crippen LogP contribution in [-0.4, -0.2) is 18.2 Å². The Morgan fingerprint density at radius 3 is 2.50 bits per heavy atom. The number of benzene rings is 2. The molecule has 1 aromatic heterocycles. The van der Waals surface area contributed by atoms with Gasteiger partial charge in [0.25, 0.3) is 10.0 Å².